The number of aromatic carboxylic acids is 1. The van der Waals surface area contributed by atoms with Crippen LogP contribution in [0.2, 0.25) is 5.15 Å². The predicted molar refractivity (Wildman–Crippen MR) is 53.3 cm³/mol. The highest BCUT2D eigenvalue weighted by molar-refractivity contribution is 6.29. The largest absolute Gasteiger partial charge is 0.477 e. The molecule has 0 bridgehead atoms. The van der Waals surface area contributed by atoms with E-state index in [0.717, 1.165) is 0 Å². The summed E-state index contributed by atoms with van der Waals surface area (Å²) in [6.07, 6.45) is 3.09. The van der Waals surface area contributed by atoms with Gasteiger partial charge in [0.2, 0.25) is 0 Å². The van der Waals surface area contributed by atoms with E-state index >= 15 is 0 Å². The van der Waals surface area contributed by atoms with E-state index in [4.69, 9.17) is 16.7 Å². The summed E-state index contributed by atoms with van der Waals surface area (Å²) in [6, 6.07) is 4.65. The first-order chi connectivity index (χ1) is 7.16. The molecule has 0 saturated heterocycles. The standard InChI is InChI=1S/C9H6ClN3O2/c10-8-3-4-13(12-8)6-1-2-7(9(14)15)11-5-6/h1-5H,(H,14,15). The van der Waals surface area contributed by atoms with Crippen molar-refractivity contribution in [3.63, 3.8) is 0 Å². The molecule has 6 heteroatoms. The molecule has 0 spiro atoms. The Hall–Kier alpha value is -1.88. The lowest BCUT2D eigenvalue weighted by molar-refractivity contribution is 0.0690. The number of rotatable bonds is 2. The van der Waals surface area contributed by atoms with E-state index in [1.54, 1.807) is 18.3 Å². The molecule has 0 fully saturated rings. The minimum absolute atomic E-state index is 0.00277. The summed E-state index contributed by atoms with van der Waals surface area (Å²) in [4.78, 5) is 14.3. The molecule has 0 saturated carbocycles. The fraction of sp³-hybridized carbons (Fsp3) is 0. The maximum absolute atomic E-state index is 10.5. The van der Waals surface area contributed by atoms with Gasteiger partial charge in [0.05, 0.1) is 11.9 Å². The molecule has 0 amide bonds. The van der Waals surface area contributed by atoms with Crippen LogP contribution in [0.25, 0.3) is 5.69 Å². The monoisotopic (exact) mass is 223 g/mol. The zero-order chi connectivity index (χ0) is 10.8. The molecule has 0 aliphatic heterocycles. The molecule has 2 aromatic rings. The molecule has 2 aromatic heterocycles. The Labute approximate surface area is 89.9 Å². The van der Waals surface area contributed by atoms with E-state index in [-0.39, 0.29) is 5.69 Å². The van der Waals surface area contributed by atoms with Gasteiger partial charge in [-0.25, -0.2) is 14.5 Å². The molecule has 0 aliphatic rings. The third kappa shape index (κ3) is 1.97. The summed E-state index contributed by atoms with van der Waals surface area (Å²) in [5.74, 6) is -1.06. The molecular weight excluding hydrogens is 218 g/mol. The maximum Gasteiger partial charge on any atom is 0.354 e. The molecule has 2 heterocycles. The zero-order valence-electron chi connectivity index (χ0n) is 7.46. The lowest BCUT2D eigenvalue weighted by atomic mass is 10.3. The van der Waals surface area contributed by atoms with Crippen LogP contribution in [0.4, 0.5) is 0 Å². The first-order valence-corrected chi connectivity index (χ1v) is 4.45. The molecule has 1 N–H and O–H groups in total. The van der Waals surface area contributed by atoms with Gasteiger partial charge >= 0.3 is 5.97 Å². The van der Waals surface area contributed by atoms with Crippen molar-refractivity contribution in [2.24, 2.45) is 0 Å². The highest BCUT2D eigenvalue weighted by Gasteiger charge is 2.04. The van der Waals surface area contributed by atoms with Gasteiger partial charge in [-0.15, -0.1) is 0 Å². The van der Waals surface area contributed by atoms with Crippen molar-refractivity contribution in [2.75, 3.05) is 0 Å². The zero-order valence-corrected chi connectivity index (χ0v) is 8.22. The van der Waals surface area contributed by atoms with Crippen LogP contribution in [0.5, 0.6) is 0 Å². The number of nitrogens with zero attached hydrogens (tertiary/aromatic N) is 3. The second kappa shape index (κ2) is 3.70. The lowest BCUT2D eigenvalue weighted by Crippen LogP contribution is -2.02. The van der Waals surface area contributed by atoms with Crippen molar-refractivity contribution >= 4 is 17.6 Å². The molecule has 15 heavy (non-hydrogen) atoms. The Bertz CT molecular complexity index is 492. The van der Waals surface area contributed by atoms with Crippen molar-refractivity contribution in [1.29, 1.82) is 0 Å². The first kappa shape index (κ1) is 9.67. The third-order valence-electron chi connectivity index (χ3n) is 1.79. The van der Waals surface area contributed by atoms with Crippen LogP contribution in [0.1, 0.15) is 10.5 Å². The smallest absolute Gasteiger partial charge is 0.354 e. The van der Waals surface area contributed by atoms with Gasteiger partial charge in [0.25, 0.3) is 0 Å². The average Bonchev–Trinajstić information content (AvgIpc) is 2.65. The van der Waals surface area contributed by atoms with E-state index in [0.29, 0.717) is 10.8 Å². The van der Waals surface area contributed by atoms with Crippen LogP contribution in [0, 0.1) is 0 Å². The summed E-state index contributed by atoms with van der Waals surface area (Å²) in [6.45, 7) is 0. The van der Waals surface area contributed by atoms with E-state index in [1.165, 1.54) is 16.9 Å². The average molecular weight is 224 g/mol. The van der Waals surface area contributed by atoms with Crippen molar-refractivity contribution in [2.45, 2.75) is 0 Å². The molecular formula is C9H6ClN3O2. The Morgan fingerprint density at radius 3 is 2.67 bits per heavy atom. The van der Waals surface area contributed by atoms with Gasteiger partial charge < -0.3 is 5.11 Å². The molecule has 5 nitrogen and oxygen atoms in total. The van der Waals surface area contributed by atoms with Crippen LogP contribution in [-0.4, -0.2) is 25.8 Å². The highest BCUT2D eigenvalue weighted by atomic mass is 35.5. The number of aromatic nitrogens is 3. The summed E-state index contributed by atoms with van der Waals surface area (Å²) in [7, 11) is 0. The second-order valence-corrected chi connectivity index (χ2v) is 3.18. The molecule has 76 valence electrons. The van der Waals surface area contributed by atoms with Crippen LogP contribution < -0.4 is 0 Å². The summed E-state index contributed by atoms with van der Waals surface area (Å²) < 4.78 is 1.51. The minimum atomic E-state index is -1.06. The highest BCUT2D eigenvalue weighted by Crippen LogP contribution is 2.09. The molecule has 0 unspecified atom stereocenters. The third-order valence-corrected chi connectivity index (χ3v) is 1.99. The maximum atomic E-state index is 10.5. The number of pyridine rings is 1. The summed E-state index contributed by atoms with van der Waals surface area (Å²) in [5.41, 5.74) is 0.656. The van der Waals surface area contributed by atoms with Crippen LogP contribution in [0.3, 0.4) is 0 Å². The van der Waals surface area contributed by atoms with Crippen molar-refractivity contribution in [3.8, 4) is 5.69 Å². The van der Waals surface area contributed by atoms with Gasteiger partial charge in [0, 0.05) is 6.20 Å². The Kier molecular flexibility index (Phi) is 2.39. The Morgan fingerprint density at radius 1 is 1.40 bits per heavy atom. The van der Waals surface area contributed by atoms with Crippen LogP contribution >= 0.6 is 11.6 Å². The summed E-state index contributed by atoms with van der Waals surface area (Å²) >= 11 is 5.65. The van der Waals surface area contributed by atoms with Gasteiger partial charge in [-0.3, -0.25) is 0 Å². The first-order valence-electron chi connectivity index (χ1n) is 4.08. The Balaban J connectivity index is 2.35. The van der Waals surface area contributed by atoms with Crippen molar-refractivity contribution in [1.82, 2.24) is 14.8 Å². The molecule has 0 radical (unpaired) electrons. The normalized spacial score (nSPS) is 10.2. The topological polar surface area (TPSA) is 68.0 Å². The quantitative estimate of drug-likeness (QED) is 0.840. The van der Waals surface area contributed by atoms with Gasteiger partial charge in [-0.1, -0.05) is 11.6 Å². The molecule has 0 aliphatic carbocycles. The number of hydrogen-bond acceptors (Lipinski definition) is 3. The second-order valence-electron chi connectivity index (χ2n) is 2.79. The van der Waals surface area contributed by atoms with Gasteiger partial charge in [0.1, 0.15) is 5.69 Å². The van der Waals surface area contributed by atoms with Crippen LogP contribution in [0.15, 0.2) is 30.6 Å². The fourth-order valence-corrected chi connectivity index (χ4v) is 1.23. The number of halogens is 1. The van der Waals surface area contributed by atoms with Crippen LogP contribution in [-0.2, 0) is 0 Å². The number of carbonyl (C=O) groups is 1. The van der Waals surface area contributed by atoms with E-state index in [9.17, 15) is 4.79 Å². The number of carboxylic acid groups (broad SMARTS) is 1. The SMILES string of the molecule is O=C(O)c1ccc(-n2ccc(Cl)n2)cn1. The van der Waals surface area contributed by atoms with E-state index < -0.39 is 5.97 Å². The molecule has 0 atom stereocenters. The van der Waals surface area contributed by atoms with Gasteiger partial charge in [-0.05, 0) is 18.2 Å². The Morgan fingerprint density at radius 2 is 2.20 bits per heavy atom. The van der Waals surface area contributed by atoms with Crippen molar-refractivity contribution in [3.05, 3.63) is 41.4 Å². The minimum Gasteiger partial charge on any atom is -0.477 e. The lowest BCUT2D eigenvalue weighted by Gasteiger charge is -2.00. The predicted octanol–water partition coefficient (Wildman–Crippen LogP) is 1.62. The fourth-order valence-electron chi connectivity index (χ4n) is 1.09. The van der Waals surface area contributed by atoms with E-state index in [1.807, 2.05) is 0 Å². The summed E-state index contributed by atoms with van der Waals surface area (Å²) in [5, 5.41) is 13.0. The molecule has 2 rings (SSSR count). The van der Waals surface area contributed by atoms with Gasteiger partial charge in [-0.2, -0.15) is 5.10 Å². The number of hydrogen-bond donors (Lipinski definition) is 1. The van der Waals surface area contributed by atoms with Gasteiger partial charge in [0.15, 0.2) is 5.15 Å². The van der Waals surface area contributed by atoms with Crippen molar-refractivity contribution < 1.29 is 9.90 Å². The van der Waals surface area contributed by atoms with E-state index in [2.05, 4.69) is 10.1 Å². The molecule has 0 aromatic carbocycles. The number of carboxylic acids is 1.